The first-order valence-electron chi connectivity index (χ1n) is 5.29. The van der Waals surface area contributed by atoms with E-state index in [1.54, 1.807) is 19.6 Å². The fourth-order valence-electron chi connectivity index (χ4n) is 1.57. The largest absolute Gasteiger partial charge is 0.504 e. The van der Waals surface area contributed by atoms with Crippen molar-refractivity contribution in [1.82, 2.24) is 9.97 Å². The van der Waals surface area contributed by atoms with E-state index in [0.717, 1.165) is 14.8 Å². The molecule has 0 bridgehead atoms. The van der Waals surface area contributed by atoms with E-state index < -0.39 is 0 Å². The highest BCUT2D eigenvalue weighted by atomic mass is 127. The molecule has 0 amide bonds. The predicted octanol–water partition coefficient (Wildman–Crippen LogP) is 2.70. The number of nitrogen functional groups attached to an aromatic ring is 1. The van der Waals surface area contributed by atoms with Gasteiger partial charge >= 0.3 is 0 Å². The number of methoxy groups -OCH3 is 1. The van der Waals surface area contributed by atoms with E-state index in [9.17, 15) is 0 Å². The second kappa shape index (κ2) is 5.81. The number of halogens is 1. The predicted molar refractivity (Wildman–Crippen MR) is 79.7 cm³/mol. The van der Waals surface area contributed by atoms with Crippen LogP contribution in [0.5, 0.6) is 0 Å². The maximum atomic E-state index is 5.88. The molecule has 0 saturated carbocycles. The first-order valence-corrected chi connectivity index (χ1v) is 6.37. The minimum atomic E-state index is 0.391. The van der Waals surface area contributed by atoms with Crippen molar-refractivity contribution in [3.05, 3.63) is 57.7 Å². The summed E-state index contributed by atoms with van der Waals surface area (Å²) in [6, 6.07) is 9.82. The van der Waals surface area contributed by atoms with E-state index in [-0.39, 0.29) is 0 Å². The zero-order chi connectivity index (χ0) is 13.0. The van der Waals surface area contributed by atoms with Crippen LogP contribution in [0.1, 0.15) is 11.3 Å². The van der Waals surface area contributed by atoms with Gasteiger partial charge in [-0.3, -0.25) is 0 Å². The monoisotopic (exact) mass is 353 g/mol. The molecule has 1 heterocycles. The average molecular weight is 353 g/mol. The molecule has 0 aliphatic carbocycles. The Bertz CT molecular complexity index is 570. The first-order chi connectivity index (χ1) is 8.72. The molecule has 0 aliphatic heterocycles. The molecular weight excluding hydrogens is 341 g/mol. The number of ether oxygens (including phenoxy) is 1. The van der Waals surface area contributed by atoms with Gasteiger partial charge in [0.25, 0.3) is 0 Å². The standard InChI is InChI=1S/C13H12IN3O/c1-18-8-10(9-5-3-2-4-6-9)12-13(15)16-7-11(14)17-12/h2-8H,1H3,(H2,15,16)/b10-8+. The second-order valence-corrected chi connectivity index (χ2v) is 4.67. The van der Waals surface area contributed by atoms with Gasteiger partial charge in [0, 0.05) is 5.57 Å². The van der Waals surface area contributed by atoms with Gasteiger partial charge in [0.15, 0.2) is 0 Å². The number of hydrogen-bond donors (Lipinski definition) is 1. The summed E-state index contributed by atoms with van der Waals surface area (Å²) in [5, 5.41) is 0. The Hall–Kier alpha value is -1.63. The van der Waals surface area contributed by atoms with Gasteiger partial charge < -0.3 is 10.5 Å². The maximum Gasteiger partial charge on any atom is 0.150 e. The smallest absolute Gasteiger partial charge is 0.150 e. The van der Waals surface area contributed by atoms with Gasteiger partial charge in [-0.25, -0.2) is 9.97 Å². The highest BCUT2D eigenvalue weighted by molar-refractivity contribution is 14.1. The molecule has 0 saturated heterocycles. The molecule has 1 aromatic carbocycles. The molecule has 5 heteroatoms. The van der Waals surface area contributed by atoms with Gasteiger partial charge in [0.1, 0.15) is 15.2 Å². The van der Waals surface area contributed by atoms with Gasteiger partial charge in [0.2, 0.25) is 0 Å². The fraction of sp³-hybridized carbons (Fsp3) is 0.0769. The maximum absolute atomic E-state index is 5.88. The van der Waals surface area contributed by atoms with Crippen molar-refractivity contribution in [2.75, 3.05) is 12.8 Å². The van der Waals surface area contributed by atoms with Crippen LogP contribution in [0.25, 0.3) is 5.57 Å². The van der Waals surface area contributed by atoms with Gasteiger partial charge in [-0.1, -0.05) is 30.3 Å². The van der Waals surface area contributed by atoms with Crippen molar-refractivity contribution in [3.8, 4) is 0 Å². The Morgan fingerprint density at radius 2 is 2.06 bits per heavy atom. The molecule has 0 atom stereocenters. The molecule has 2 rings (SSSR count). The van der Waals surface area contributed by atoms with Crippen molar-refractivity contribution in [2.45, 2.75) is 0 Å². The zero-order valence-corrected chi connectivity index (χ0v) is 12.0. The van der Waals surface area contributed by atoms with Crippen LogP contribution in [0.15, 0.2) is 42.8 Å². The van der Waals surface area contributed by atoms with Crippen LogP contribution in [0.4, 0.5) is 5.82 Å². The average Bonchev–Trinajstić information content (AvgIpc) is 2.40. The number of hydrogen-bond acceptors (Lipinski definition) is 4. The SMILES string of the molecule is CO/C=C(\c1ccccc1)c1nc(I)cnc1N. The van der Waals surface area contributed by atoms with Crippen LogP contribution in [0.2, 0.25) is 0 Å². The third-order valence-corrected chi connectivity index (χ3v) is 2.87. The summed E-state index contributed by atoms with van der Waals surface area (Å²) in [7, 11) is 1.60. The van der Waals surface area contributed by atoms with Crippen molar-refractivity contribution in [1.29, 1.82) is 0 Å². The molecule has 0 aliphatic rings. The number of nitrogens with zero attached hydrogens (tertiary/aromatic N) is 2. The zero-order valence-electron chi connectivity index (χ0n) is 9.80. The van der Waals surface area contributed by atoms with Crippen LogP contribution in [-0.4, -0.2) is 17.1 Å². The van der Waals surface area contributed by atoms with Gasteiger partial charge in [-0.15, -0.1) is 0 Å². The fourth-order valence-corrected chi connectivity index (χ4v) is 1.95. The van der Waals surface area contributed by atoms with Crippen LogP contribution < -0.4 is 5.73 Å². The van der Waals surface area contributed by atoms with Crippen molar-refractivity contribution in [3.63, 3.8) is 0 Å². The molecule has 1 aromatic heterocycles. The van der Waals surface area contributed by atoms with E-state index >= 15 is 0 Å². The van der Waals surface area contributed by atoms with Crippen molar-refractivity contribution < 1.29 is 4.74 Å². The highest BCUT2D eigenvalue weighted by Crippen LogP contribution is 2.25. The Kier molecular flexibility index (Phi) is 4.14. The minimum Gasteiger partial charge on any atom is -0.504 e. The number of nitrogens with two attached hydrogens (primary N) is 1. The topological polar surface area (TPSA) is 61.0 Å². The highest BCUT2D eigenvalue weighted by Gasteiger charge is 2.12. The molecule has 0 fully saturated rings. The summed E-state index contributed by atoms with van der Waals surface area (Å²) in [6.07, 6.45) is 3.26. The molecular formula is C13H12IN3O. The molecule has 4 nitrogen and oxygen atoms in total. The van der Waals surface area contributed by atoms with Crippen molar-refractivity contribution >= 4 is 34.0 Å². The lowest BCUT2D eigenvalue weighted by Gasteiger charge is -2.09. The first kappa shape index (κ1) is 12.8. The quantitative estimate of drug-likeness (QED) is 0.681. The Morgan fingerprint density at radius 1 is 1.33 bits per heavy atom. The Balaban J connectivity index is 2.56. The number of benzene rings is 1. The molecule has 2 aromatic rings. The second-order valence-electron chi connectivity index (χ2n) is 3.56. The van der Waals surface area contributed by atoms with Gasteiger partial charge in [-0.2, -0.15) is 0 Å². The van der Waals surface area contributed by atoms with Crippen molar-refractivity contribution in [2.24, 2.45) is 0 Å². The number of anilines is 1. The lowest BCUT2D eigenvalue weighted by molar-refractivity contribution is 0.340. The molecule has 0 spiro atoms. The van der Waals surface area contributed by atoms with Gasteiger partial charge in [0.05, 0.1) is 19.6 Å². The van der Waals surface area contributed by atoms with Crippen LogP contribution in [0.3, 0.4) is 0 Å². The molecule has 0 unspecified atom stereocenters. The number of rotatable bonds is 3. The van der Waals surface area contributed by atoms with Crippen LogP contribution in [0, 0.1) is 3.70 Å². The summed E-state index contributed by atoms with van der Waals surface area (Å²) in [4.78, 5) is 8.54. The third-order valence-electron chi connectivity index (χ3n) is 2.35. The lowest BCUT2D eigenvalue weighted by Crippen LogP contribution is -2.03. The lowest BCUT2D eigenvalue weighted by atomic mass is 10.0. The van der Waals surface area contributed by atoms with E-state index in [2.05, 4.69) is 32.6 Å². The summed E-state index contributed by atoms with van der Waals surface area (Å²) in [5.41, 5.74) is 8.33. The van der Waals surface area contributed by atoms with E-state index in [4.69, 9.17) is 10.5 Å². The molecule has 0 radical (unpaired) electrons. The van der Waals surface area contributed by atoms with E-state index in [1.165, 1.54) is 0 Å². The minimum absolute atomic E-state index is 0.391. The van der Waals surface area contributed by atoms with E-state index in [0.29, 0.717) is 11.5 Å². The Labute approximate surface area is 119 Å². The van der Waals surface area contributed by atoms with Crippen LogP contribution >= 0.6 is 22.6 Å². The van der Waals surface area contributed by atoms with Gasteiger partial charge in [-0.05, 0) is 28.2 Å². The number of aromatic nitrogens is 2. The van der Waals surface area contributed by atoms with E-state index in [1.807, 2.05) is 30.3 Å². The molecule has 18 heavy (non-hydrogen) atoms. The summed E-state index contributed by atoms with van der Waals surface area (Å²) >= 11 is 2.11. The van der Waals surface area contributed by atoms with Crippen LogP contribution in [-0.2, 0) is 4.74 Å². The summed E-state index contributed by atoms with van der Waals surface area (Å²) in [6.45, 7) is 0. The molecule has 92 valence electrons. The Morgan fingerprint density at radius 3 is 2.72 bits per heavy atom. The molecule has 2 N–H and O–H groups in total. The normalized spacial score (nSPS) is 11.3. The summed E-state index contributed by atoms with van der Waals surface area (Å²) in [5.74, 6) is 0.391. The third kappa shape index (κ3) is 2.79. The summed E-state index contributed by atoms with van der Waals surface area (Å²) < 4.78 is 5.91.